The van der Waals surface area contributed by atoms with E-state index in [1.807, 2.05) is 27.7 Å². The van der Waals surface area contributed by atoms with Crippen molar-refractivity contribution in [2.24, 2.45) is 45.8 Å². The highest BCUT2D eigenvalue weighted by atomic mass is 16.7. The number of hydrogen-bond acceptors (Lipinski definition) is 13. The van der Waals surface area contributed by atoms with E-state index in [0.717, 1.165) is 26.1 Å². The molecule has 7 fully saturated rings. The molecule has 2 saturated carbocycles. The largest absolute Gasteiger partial charge is 0.469 e. The van der Waals surface area contributed by atoms with Crippen molar-refractivity contribution in [2.75, 3.05) is 26.4 Å². The van der Waals surface area contributed by atoms with Crippen LogP contribution in [0.3, 0.4) is 0 Å². The molecule has 15 unspecified atom stereocenters. The van der Waals surface area contributed by atoms with Crippen LogP contribution in [0.5, 0.6) is 0 Å². The van der Waals surface area contributed by atoms with Crippen LogP contribution in [0.4, 0.5) is 0 Å². The Morgan fingerprint density at radius 3 is 2.56 bits per heavy atom. The lowest BCUT2D eigenvalue weighted by atomic mass is 9.36. The third-order valence-corrected chi connectivity index (χ3v) is 15.4. The second-order valence-electron chi connectivity index (χ2n) is 17.9. The van der Waals surface area contributed by atoms with Gasteiger partial charge in [0.05, 0.1) is 43.0 Å². The highest BCUT2D eigenvalue weighted by Crippen LogP contribution is 2.80. The van der Waals surface area contributed by atoms with E-state index < -0.39 is 76.5 Å². The number of rotatable bonds is 7. The Hall–Kier alpha value is -2.65. The van der Waals surface area contributed by atoms with E-state index in [1.54, 1.807) is 12.3 Å². The molecule has 5 saturated heterocycles. The summed E-state index contributed by atoms with van der Waals surface area (Å²) in [5.41, 5.74) is -4.57. The molecular formula is C39H52N2O11. The summed E-state index contributed by atoms with van der Waals surface area (Å²) in [5.74, 6) is -1.81. The molecule has 5 N–H and O–H groups in total. The highest BCUT2D eigenvalue weighted by Gasteiger charge is 2.90. The molecule has 1 aromatic rings. The first-order valence-electron chi connectivity index (χ1n) is 19.2. The molecular weight excluding hydrogens is 672 g/mol. The molecule has 13 heteroatoms. The minimum atomic E-state index is -1.46. The third-order valence-electron chi connectivity index (χ3n) is 15.4. The summed E-state index contributed by atoms with van der Waals surface area (Å²) in [6.45, 7) is 8.89. The fraction of sp³-hybridized carbons (Fsp3) is 0.769. The lowest BCUT2D eigenvalue weighted by Crippen LogP contribution is -2.76. The zero-order chi connectivity index (χ0) is 36.6. The second kappa shape index (κ2) is 11.7. The van der Waals surface area contributed by atoms with Crippen molar-refractivity contribution in [1.82, 2.24) is 10.6 Å². The normalized spacial score (nSPS) is 48.4. The highest BCUT2D eigenvalue weighted by molar-refractivity contribution is 5.92. The maximum atomic E-state index is 14.5. The monoisotopic (exact) mass is 724 g/mol. The van der Waals surface area contributed by atoms with Crippen molar-refractivity contribution in [3.63, 3.8) is 0 Å². The van der Waals surface area contributed by atoms with Crippen LogP contribution in [0, 0.1) is 45.8 Å². The molecule has 1 aromatic heterocycles. The molecule has 3 aliphatic carbocycles. The molecule has 0 aromatic carbocycles. The molecule has 52 heavy (non-hydrogen) atoms. The van der Waals surface area contributed by atoms with Gasteiger partial charge in [-0.05, 0) is 63.4 Å². The summed E-state index contributed by atoms with van der Waals surface area (Å²) in [6, 6.07) is 2.17. The van der Waals surface area contributed by atoms with Gasteiger partial charge < -0.3 is 44.0 Å². The van der Waals surface area contributed by atoms with Crippen molar-refractivity contribution >= 4 is 17.7 Å². The first kappa shape index (κ1) is 35.1. The molecule has 5 aliphatic heterocycles. The number of Topliss-reactive ketones (excluding diaryl/α,β-unsaturated/α-hetero) is 1. The first-order chi connectivity index (χ1) is 24.7. The summed E-state index contributed by atoms with van der Waals surface area (Å²) in [7, 11) is 0. The predicted molar refractivity (Wildman–Crippen MR) is 181 cm³/mol. The third kappa shape index (κ3) is 4.38. The van der Waals surface area contributed by atoms with Crippen molar-refractivity contribution < 1.29 is 53.1 Å². The van der Waals surface area contributed by atoms with Crippen LogP contribution in [-0.4, -0.2) is 101 Å². The van der Waals surface area contributed by atoms with Crippen LogP contribution in [-0.2, 0) is 39.8 Å². The lowest BCUT2D eigenvalue weighted by molar-refractivity contribution is -0.252. The van der Waals surface area contributed by atoms with E-state index in [4.69, 9.17) is 23.4 Å². The molecule has 15 atom stereocenters. The molecule has 284 valence electrons. The van der Waals surface area contributed by atoms with Crippen LogP contribution in [0.1, 0.15) is 77.2 Å². The van der Waals surface area contributed by atoms with Gasteiger partial charge in [0.2, 0.25) is 0 Å². The van der Waals surface area contributed by atoms with Crippen LogP contribution in [0.15, 0.2) is 28.9 Å². The Kier molecular flexibility index (Phi) is 7.88. The van der Waals surface area contributed by atoms with E-state index in [2.05, 4.69) is 22.8 Å². The Morgan fingerprint density at radius 1 is 1.04 bits per heavy atom. The maximum Gasteiger partial charge on any atom is 0.339 e. The Balaban J connectivity index is 1.07. The number of epoxide rings is 1. The number of carbonyl (C=O) groups excluding carboxylic acids is 3. The second-order valence-corrected chi connectivity index (χ2v) is 17.9. The number of fused-ring (bicyclic) bond motifs is 1. The number of esters is 2. The summed E-state index contributed by atoms with van der Waals surface area (Å²) in [5, 5.41) is 40.4. The molecule has 0 radical (unpaired) electrons. The van der Waals surface area contributed by atoms with Gasteiger partial charge in [-0.1, -0.05) is 26.0 Å². The fourth-order valence-electron chi connectivity index (χ4n) is 13.1. The molecule has 13 nitrogen and oxygen atoms in total. The Morgan fingerprint density at radius 2 is 1.85 bits per heavy atom. The van der Waals surface area contributed by atoms with Crippen molar-refractivity contribution in [2.45, 2.75) is 114 Å². The van der Waals surface area contributed by atoms with Crippen LogP contribution in [0.2, 0.25) is 0 Å². The molecule has 0 bridgehead atoms. The van der Waals surface area contributed by atoms with Crippen LogP contribution >= 0.6 is 0 Å². The summed E-state index contributed by atoms with van der Waals surface area (Å²) in [4.78, 5) is 41.1. The predicted octanol–water partition coefficient (Wildman–Crippen LogP) is 1.72. The maximum absolute atomic E-state index is 14.5. The number of hydrogen-bond donors (Lipinski definition) is 5. The number of ether oxygens (including phenoxy) is 4. The number of carbonyl (C=O) groups is 3. The zero-order valence-electron chi connectivity index (χ0n) is 30.3. The van der Waals surface area contributed by atoms with Crippen molar-refractivity contribution in [3.8, 4) is 0 Å². The lowest BCUT2D eigenvalue weighted by Gasteiger charge is -2.66. The van der Waals surface area contributed by atoms with Gasteiger partial charge in [0.25, 0.3) is 0 Å². The van der Waals surface area contributed by atoms with Gasteiger partial charge >= 0.3 is 11.9 Å². The van der Waals surface area contributed by atoms with Gasteiger partial charge in [-0.2, -0.15) is 0 Å². The zero-order valence-corrected chi connectivity index (χ0v) is 30.3. The number of nitrogens with one attached hydrogen (secondary N) is 2. The topological polar surface area (TPSA) is 189 Å². The molecule has 9 rings (SSSR count). The fourth-order valence-corrected chi connectivity index (χ4v) is 13.1. The van der Waals surface area contributed by atoms with Gasteiger partial charge in [0, 0.05) is 53.4 Å². The van der Waals surface area contributed by atoms with Crippen LogP contribution in [0.25, 0.3) is 0 Å². The van der Waals surface area contributed by atoms with E-state index in [0.29, 0.717) is 42.5 Å². The minimum Gasteiger partial charge on any atom is -0.469 e. The SMILES string of the molecule is CC1(C)OC2CC(=O)OCC23C1C(=O)C(O)C1(C)C3CCC2(C)C(c3ccoc3CC(C(O)CO)C3C=CC(C4CNCN4)CC3)OC(=O)C3OC321. The van der Waals surface area contributed by atoms with Crippen molar-refractivity contribution in [3.05, 3.63) is 35.8 Å². The standard InChI is InChI=1S/C39H52N2O11/c1-35(2)30-29(45)31(46)37(4)26(38(30)17-49-28(44)14-27(38)51-35)9-11-36(3)32(50-34(47)33-39(36,37)52-33)21-10-12-48-25(21)13-22(24(43)16-42)19-5-7-20(8-6-19)23-15-40-18-41-23/h5,7,10,12,19-20,22-24,26-27,30-33,40-43,46H,6,8-9,11,13-18H2,1-4H3. The number of ketones is 1. The average molecular weight is 725 g/mol. The van der Waals surface area contributed by atoms with Crippen LogP contribution < -0.4 is 10.6 Å². The molecule has 0 amide bonds. The van der Waals surface area contributed by atoms with E-state index in [1.165, 1.54) is 0 Å². The van der Waals surface area contributed by atoms with Gasteiger partial charge in [-0.15, -0.1) is 0 Å². The average Bonchev–Trinajstić information content (AvgIpc) is 3.37. The Labute approximate surface area is 303 Å². The molecule has 8 aliphatic rings. The number of furan rings is 1. The summed E-state index contributed by atoms with van der Waals surface area (Å²) in [6.07, 6.45) is 4.29. The number of aliphatic hydroxyl groups excluding tert-OH is 3. The molecule has 2 spiro atoms. The van der Waals surface area contributed by atoms with E-state index in [-0.39, 0.29) is 42.5 Å². The summed E-state index contributed by atoms with van der Waals surface area (Å²) >= 11 is 0. The van der Waals surface area contributed by atoms with Gasteiger partial charge in [0.1, 0.15) is 30.2 Å². The quantitative estimate of drug-likeness (QED) is 0.156. The number of aliphatic hydroxyl groups is 3. The Bertz CT molecular complexity index is 1690. The van der Waals surface area contributed by atoms with Gasteiger partial charge in [-0.25, -0.2) is 4.79 Å². The number of cyclic esters (lactones) is 2. The van der Waals surface area contributed by atoms with E-state index in [9.17, 15) is 29.7 Å². The van der Waals surface area contributed by atoms with E-state index >= 15 is 0 Å². The first-order valence-corrected chi connectivity index (χ1v) is 19.2. The smallest absolute Gasteiger partial charge is 0.339 e. The molecule has 6 heterocycles. The van der Waals surface area contributed by atoms with Crippen molar-refractivity contribution in [1.29, 1.82) is 0 Å². The summed E-state index contributed by atoms with van der Waals surface area (Å²) < 4.78 is 31.3. The number of allylic oxidation sites excluding steroid dienone is 1. The van der Waals surface area contributed by atoms with Gasteiger partial charge in [-0.3, -0.25) is 14.9 Å². The van der Waals surface area contributed by atoms with Gasteiger partial charge in [0.15, 0.2) is 11.9 Å². The minimum absolute atomic E-state index is 0.000479.